The number of hydroxylamine groups is 2. The molecule has 0 unspecified atom stereocenters. The van der Waals surface area contributed by atoms with Crippen molar-refractivity contribution in [2.24, 2.45) is 0 Å². The zero-order chi connectivity index (χ0) is 8.85. The van der Waals surface area contributed by atoms with Crippen molar-refractivity contribution >= 4 is 5.97 Å². The number of allylic oxidation sites excluding steroid dienone is 1. The first-order valence-corrected chi connectivity index (χ1v) is 3.64. The highest BCUT2D eigenvalue weighted by Gasteiger charge is 2.05. The van der Waals surface area contributed by atoms with Crippen molar-refractivity contribution in [3.63, 3.8) is 0 Å². The minimum absolute atomic E-state index is 0.281. The molecule has 11 heavy (non-hydrogen) atoms. The molecule has 0 radical (unpaired) electrons. The number of carbonyl (C=O) groups is 1. The molecular weight excluding hydrogens is 142 g/mol. The zero-order valence-electron chi connectivity index (χ0n) is 7.55. The van der Waals surface area contributed by atoms with Gasteiger partial charge in [-0.25, -0.2) is 4.79 Å². The van der Waals surface area contributed by atoms with E-state index >= 15 is 0 Å². The predicted molar refractivity (Wildman–Crippen MR) is 43.8 cm³/mol. The number of nitrogens with zero attached hydrogens (tertiary/aromatic N) is 1. The molecular formula is C8H15NO2. The van der Waals surface area contributed by atoms with Gasteiger partial charge < -0.3 is 4.84 Å². The molecule has 0 aliphatic carbocycles. The Kier molecular flexibility index (Phi) is 4.54. The van der Waals surface area contributed by atoms with Gasteiger partial charge in [0.25, 0.3) is 0 Å². The van der Waals surface area contributed by atoms with Gasteiger partial charge in [0.05, 0.1) is 0 Å². The largest absolute Gasteiger partial charge is 0.365 e. The first kappa shape index (κ1) is 10.2. The molecule has 0 aliphatic heterocycles. The zero-order valence-corrected chi connectivity index (χ0v) is 7.55. The first-order valence-electron chi connectivity index (χ1n) is 3.64. The van der Waals surface area contributed by atoms with Crippen LogP contribution < -0.4 is 0 Å². The summed E-state index contributed by atoms with van der Waals surface area (Å²) >= 11 is 0. The van der Waals surface area contributed by atoms with Crippen LogP contribution in [0.1, 0.15) is 20.3 Å². The van der Waals surface area contributed by atoms with E-state index in [2.05, 4.69) is 0 Å². The highest BCUT2D eigenvalue weighted by Crippen LogP contribution is 1.98. The molecule has 0 spiro atoms. The number of carbonyl (C=O) groups excluding carboxylic acids is 1. The highest BCUT2D eigenvalue weighted by atomic mass is 16.7. The average molecular weight is 157 g/mol. The van der Waals surface area contributed by atoms with E-state index < -0.39 is 0 Å². The summed E-state index contributed by atoms with van der Waals surface area (Å²) in [5, 5.41) is 1.38. The fourth-order valence-corrected chi connectivity index (χ4v) is 0.627. The Labute approximate surface area is 67.6 Å². The van der Waals surface area contributed by atoms with Crippen LogP contribution in [-0.2, 0) is 9.63 Å². The molecule has 0 heterocycles. The maximum absolute atomic E-state index is 11.0. The van der Waals surface area contributed by atoms with Crippen LogP contribution in [0.25, 0.3) is 0 Å². The molecule has 64 valence electrons. The van der Waals surface area contributed by atoms with E-state index in [1.807, 2.05) is 13.0 Å². The third-order valence-corrected chi connectivity index (χ3v) is 1.10. The number of rotatable bonds is 3. The van der Waals surface area contributed by atoms with E-state index in [1.165, 1.54) is 5.06 Å². The Morgan fingerprint density at radius 1 is 1.55 bits per heavy atom. The van der Waals surface area contributed by atoms with Crippen LogP contribution in [0.2, 0.25) is 0 Å². The second kappa shape index (κ2) is 4.91. The molecule has 3 heteroatoms. The average Bonchev–Trinajstić information content (AvgIpc) is 1.86. The van der Waals surface area contributed by atoms with Crippen LogP contribution in [0, 0.1) is 0 Å². The van der Waals surface area contributed by atoms with Crippen LogP contribution in [-0.4, -0.2) is 25.1 Å². The third-order valence-electron chi connectivity index (χ3n) is 1.10. The van der Waals surface area contributed by atoms with Crippen molar-refractivity contribution in [1.82, 2.24) is 5.06 Å². The summed E-state index contributed by atoms with van der Waals surface area (Å²) in [5.41, 5.74) is 0.654. The van der Waals surface area contributed by atoms with Crippen molar-refractivity contribution in [2.75, 3.05) is 14.1 Å². The molecule has 0 fully saturated rings. The van der Waals surface area contributed by atoms with E-state index in [4.69, 9.17) is 4.84 Å². The number of hydrogen-bond donors (Lipinski definition) is 0. The topological polar surface area (TPSA) is 29.5 Å². The lowest BCUT2D eigenvalue weighted by Gasteiger charge is -2.09. The summed E-state index contributed by atoms with van der Waals surface area (Å²) in [6.45, 7) is 3.72. The minimum Gasteiger partial charge on any atom is -0.365 e. The molecule has 0 aliphatic rings. The molecule has 0 aromatic heterocycles. The van der Waals surface area contributed by atoms with Gasteiger partial charge in [0.1, 0.15) is 0 Å². The molecule has 0 amide bonds. The summed E-state index contributed by atoms with van der Waals surface area (Å²) < 4.78 is 0. The van der Waals surface area contributed by atoms with Crippen molar-refractivity contribution in [1.29, 1.82) is 0 Å². The molecule has 0 N–H and O–H groups in total. The molecule has 0 aromatic rings. The molecule has 0 rings (SSSR count). The summed E-state index contributed by atoms with van der Waals surface area (Å²) in [5.74, 6) is -0.281. The van der Waals surface area contributed by atoms with Crippen molar-refractivity contribution in [3.05, 3.63) is 11.6 Å². The smallest absolute Gasteiger partial charge is 0.352 e. The lowest BCUT2D eigenvalue weighted by Crippen LogP contribution is -2.18. The van der Waals surface area contributed by atoms with Crippen molar-refractivity contribution in [3.8, 4) is 0 Å². The van der Waals surface area contributed by atoms with E-state index in [1.54, 1.807) is 21.0 Å². The normalized spacial score (nSPS) is 11.9. The van der Waals surface area contributed by atoms with Crippen LogP contribution >= 0.6 is 0 Å². The number of hydrogen-bond acceptors (Lipinski definition) is 3. The van der Waals surface area contributed by atoms with E-state index in [-0.39, 0.29) is 5.97 Å². The molecule has 3 nitrogen and oxygen atoms in total. The standard InChI is InChI=1S/C8H15NO2/c1-5-6-7(2)8(10)11-9(3)4/h6H,5H2,1-4H3/b7-6+. The summed E-state index contributed by atoms with van der Waals surface area (Å²) in [7, 11) is 3.36. The van der Waals surface area contributed by atoms with Gasteiger partial charge in [-0.1, -0.05) is 13.0 Å². The quantitative estimate of drug-likeness (QED) is 0.457. The Balaban J connectivity index is 3.93. The van der Waals surface area contributed by atoms with Gasteiger partial charge in [-0.3, -0.25) is 0 Å². The molecule has 0 aromatic carbocycles. The van der Waals surface area contributed by atoms with Gasteiger partial charge in [0.15, 0.2) is 0 Å². The van der Waals surface area contributed by atoms with Gasteiger partial charge >= 0.3 is 5.97 Å². The predicted octanol–water partition coefficient (Wildman–Crippen LogP) is 1.36. The van der Waals surface area contributed by atoms with Crippen LogP contribution in [0.4, 0.5) is 0 Å². The molecule has 0 atom stereocenters. The second-order valence-electron chi connectivity index (χ2n) is 2.49. The van der Waals surface area contributed by atoms with Crippen molar-refractivity contribution < 1.29 is 9.63 Å². The summed E-state index contributed by atoms with van der Waals surface area (Å²) in [6.07, 6.45) is 2.69. The summed E-state index contributed by atoms with van der Waals surface area (Å²) in [4.78, 5) is 15.8. The van der Waals surface area contributed by atoms with Gasteiger partial charge in [0.2, 0.25) is 0 Å². The lowest BCUT2D eigenvalue weighted by atomic mass is 10.2. The van der Waals surface area contributed by atoms with E-state index in [0.717, 1.165) is 6.42 Å². The van der Waals surface area contributed by atoms with Gasteiger partial charge in [-0.2, -0.15) is 0 Å². The minimum atomic E-state index is -0.281. The van der Waals surface area contributed by atoms with Crippen LogP contribution in [0.15, 0.2) is 11.6 Å². The second-order valence-corrected chi connectivity index (χ2v) is 2.49. The fourth-order valence-electron chi connectivity index (χ4n) is 0.627. The van der Waals surface area contributed by atoms with Gasteiger partial charge in [0, 0.05) is 19.7 Å². The third kappa shape index (κ3) is 4.56. The van der Waals surface area contributed by atoms with E-state index in [9.17, 15) is 4.79 Å². The maximum atomic E-state index is 11.0. The molecule has 0 saturated carbocycles. The molecule has 0 bridgehead atoms. The highest BCUT2D eigenvalue weighted by molar-refractivity contribution is 5.87. The molecule has 0 saturated heterocycles. The maximum Gasteiger partial charge on any atom is 0.352 e. The van der Waals surface area contributed by atoms with Crippen molar-refractivity contribution in [2.45, 2.75) is 20.3 Å². The van der Waals surface area contributed by atoms with Gasteiger partial charge in [-0.05, 0) is 13.3 Å². The fraction of sp³-hybridized carbons (Fsp3) is 0.625. The summed E-state index contributed by atoms with van der Waals surface area (Å²) in [6, 6.07) is 0. The monoisotopic (exact) mass is 157 g/mol. The Morgan fingerprint density at radius 2 is 2.09 bits per heavy atom. The Morgan fingerprint density at radius 3 is 2.45 bits per heavy atom. The first-order chi connectivity index (χ1) is 5.07. The van der Waals surface area contributed by atoms with Crippen LogP contribution in [0.5, 0.6) is 0 Å². The van der Waals surface area contributed by atoms with Gasteiger partial charge in [-0.15, -0.1) is 5.06 Å². The Bertz CT molecular complexity index is 161. The lowest BCUT2D eigenvalue weighted by molar-refractivity contribution is -0.172. The Hall–Kier alpha value is -0.830. The SMILES string of the molecule is CC/C=C(\C)C(=O)ON(C)C. The van der Waals surface area contributed by atoms with Crippen LogP contribution in [0.3, 0.4) is 0 Å². The van der Waals surface area contributed by atoms with E-state index in [0.29, 0.717) is 5.57 Å².